The van der Waals surface area contributed by atoms with E-state index in [4.69, 9.17) is 4.42 Å². The van der Waals surface area contributed by atoms with E-state index in [2.05, 4.69) is 35.6 Å². The van der Waals surface area contributed by atoms with E-state index in [0.29, 0.717) is 23.9 Å². The average molecular weight is 509 g/mol. The van der Waals surface area contributed by atoms with Gasteiger partial charge in [-0.3, -0.25) is 4.79 Å². The first-order valence-electron chi connectivity index (χ1n) is 12.8. The molecule has 4 rings (SSSR count). The molecule has 0 bridgehead atoms. The van der Waals surface area contributed by atoms with Crippen molar-refractivity contribution >= 4 is 5.91 Å². The highest BCUT2D eigenvalue weighted by Gasteiger charge is 2.50. The molecule has 3 atom stereocenters. The average Bonchev–Trinajstić information content (AvgIpc) is 3.20. The van der Waals surface area contributed by atoms with Gasteiger partial charge in [-0.25, -0.2) is 13.8 Å². The minimum absolute atomic E-state index is 0.0515. The number of amides is 1. The summed E-state index contributed by atoms with van der Waals surface area (Å²) >= 11 is 0. The van der Waals surface area contributed by atoms with E-state index in [1.807, 2.05) is 24.8 Å². The topological polar surface area (TPSA) is 72.1 Å². The number of hydrogen-bond donors (Lipinski definition) is 0. The predicted molar refractivity (Wildman–Crippen MR) is 138 cm³/mol. The number of oxazole rings is 1. The van der Waals surface area contributed by atoms with Crippen molar-refractivity contribution in [3.63, 3.8) is 0 Å². The number of fused-ring (bicyclic) bond motifs is 1. The molecule has 1 aliphatic rings. The minimum atomic E-state index is -0.690. The second-order valence-electron chi connectivity index (χ2n) is 10.1. The summed E-state index contributed by atoms with van der Waals surface area (Å²) in [7, 11) is 0. The molecule has 1 aliphatic carbocycles. The molecule has 0 spiro atoms. The fraction of sp³-hybridized carbons (Fsp3) is 0.448. The Bertz CT molecular complexity index is 1320. The molecule has 6 nitrogen and oxygen atoms in total. The first kappa shape index (κ1) is 26.6. The fourth-order valence-electron chi connectivity index (χ4n) is 6.01. The number of allylic oxidation sites excluding steroid dienone is 1. The fourth-order valence-corrected chi connectivity index (χ4v) is 6.01. The highest BCUT2D eigenvalue weighted by Crippen LogP contribution is 2.50. The zero-order chi connectivity index (χ0) is 27.1. The lowest BCUT2D eigenvalue weighted by molar-refractivity contribution is 0.0480. The van der Waals surface area contributed by atoms with Gasteiger partial charge in [0.1, 0.15) is 17.4 Å². The van der Waals surface area contributed by atoms with Crippen LogP contribution in [0.15, 0.2) is 41.3 Å². The zero-order valence-electron chi connectivity index (χ0n) is 22.3. The Morgan fingerprint density at radius 1 is 1.24 bits per heavy atom. The van der Waals surface area contributed by atoms with Crippen LogP contribution >= 0.6 is 0 Å². The Kier molecular flexibility index (Phi) is 7.31. The van der Waals surface area contributed by atoms with Gasteiger partial charge in [-0.1, -0.05) is 26.0 Å². The first-order chi connectivity index (χ1) is 17.6. The van der Waals surface area contributed by atoms with E-state index in [9.17, 15) is 13.6 Å². The standard InChI is InChI=1S/C29H34F2N4O2/c1-8-20-13-14-29(16(3)4,18(6)35(9-2)28(36)26-17(5)37-19(7)32-26)27-21(20)15-24(33-34-27)25-22(30)11-10-12-23(25)31/h8,10-12,15-16,18,20H,1,9,13-14H2,2-7H3/t18-,20+,29+/m1/s1. The monoisotopic (exact) mass is 508 g/mol. The van der Waals surface area contributed by atoms with Gasteiger partial charge in [0.25, 0.3) is 5.91 Å². The van der Waals surface area contributed by atoms with Gasteiger partial charge in [-0.15, -0.1) is 6.58 Å². The molecule has 2 aromatic heterocycles. The number of rotatable bonds is 7. The SMILES string of the molecule is C=C[C@H]1CC[C@](C(C)C)([C@@H](C)N(CC)C(=O)c2nc(C)oc2C)c2nnc(-c3c(F)cccc3F)cc21. The van der Waals surface area contributed by atoms with Gasteiger partial charge >= 0.3 is 0 Å². The summed E-state index contributed by atoms with van der Waals surface area (Å²) in [5.74, 6) is -0.620. The van der Waals surface area contributed by atoms with Crippen LogP contribution in [0, 0.1) is 31.4 Å². The molecule has 2 heterocycles. The number of carbonyl (C=O) groups is 1. The lowest BCUT2D eigenvalue weighted by atomic mass is 9.60. The second kappa shape index (κ2) is 10.1. The van der Waals surface area contributed by atoms with E-state index in [0.717, 1.165) is 24.1 Å². The Labute approximate surface area is 216 Å². The maximum absolute atomic E-state index is 14.6. The van der Waals surface area contributed by atoms with Crippen LogP contribution in [0.1, 0.15) is 79.9 Å². The minimum Gasteiger partial charge on any atom is -0.445 e. The van der Waals surface area contributed by atoms with E-state index in [1.54, 1.807) is 19.9 Å². The molecule has 0 aliphatic heterocycles. The molecule has 196 valence electrons. The van der Waals surface area contributed by atoms with Crippen LogP contribution in [-0.2, 0) is 5.41 Å². The normalized spacial score (nSPS) is 20.0. The van der Waals surface area contributed by atoms with Gasteiger partial charge in [0.15, 0.2) is 11.6 Å². The highest BCUT2D eigenvalue weighted by atomic mass is 19.1. The number of hydrogen-bond acceptors (Lipinski definition) is 5. The quantitative estimate of drug-likeness (QED) is 0.339. The second-order valence-corrected chi connectivity index (χ2v) is 10.1. The van der Waals surface area contributed by atoms with Crippen molar-refractivity contribution in [2.24, 2.45) is 5.92 Å². The number of aromatic nitrogens is 3. The van der Waals surface area contributed by atoms with Gasteiger partial charge in [-0.05, 0) is 63.3 Å². The molecule has 0 saturated heterocycles. The number of halogens is 2. The van der Waals surface area contributed by atoms with Crippen LogP contribution in [0.4, 0.5) is 8.78 Å². The third-order valence-electron chi connectivity index (χ3n) is 7.99. The summed E-state index contributed by atoms with van der Waals surface area (Å²) in [6.45, 7) is 16.1. The Morgan fingerprint density at radius 2 is 1.92 bits per heavy atom. The number of aryl methyl sites for hydroxylation is 2. The molecule has 1 aromatic carbocycles. The van der Waals surface area contributed by atoms with Gasteiger partial charge in [-0.2, -0.15) is 10.2 Å². The molecule has 0 radical (unpaired) electrons. The Balaban J connectivity index is 1.87. The predicted octanol–water partition coefficient (Wildman–Crippen LogP) is 6.53. The highest BCUT2D eigenvalue weighted by molar-refractivity contribution is 5.93. The molecule has 0 fully saturated rings. The van der Waals surface area contributed by atoms with Crippen LogP contribution in [0.5, 0.6) is 0 Å². The van der Waals surface area contributed by atoms with E-state index in [-0.39, 0.29) is 35.0 Å². The summed E-state index contributed by atoms with van der Waals surface area (Å²) < 4.78 is 34.7. The first-order valence-corrected chi connectivity index (χ1v) is 12.8. The molecule has 0 saturated carbocycles. The summed E-state index contributed by atoms with van der Waals surface area (Å²) in [6.07, 6.45) is 3.36. The maximum Gasteiger partial charge on any atom is 0.276 e. The van der Waals surface area contributed by atoms with Crippen LogP contribution in [-0.4, -0.2) is 38.6 Å². The molecular formula is C29H34F2N4O2. The molecular weight excluding hydrogens is 474 g/mol. The molecule has 37 heavy (non-hydrogen) atoms. The molecule has 0 unspecified atom stereocenters. The lowest BCUT2D eigenvalue weighted by Gasteiger charge is -2.50. The Hall–Kier alpha value is -3.42. The van der Waals surface area contributed by atoms with Crippen LogP contribution < -0.4 is 0 Å². The lowest BCUT2D eigenvalue weighted by Crippen LogP contribution is -2.56. The zero-order valence-corrected chi connectivity index (χ0v) is 22.3. The Morgan fingerprint density at radius 3 is 2.46 bits per heavy atom. The maximum atomic E-state index is 14.6. The number of nitrogens with zero attached hydrogens (tertiary/aromatic N) is 4. The van der Waals surface area contributed by atoms with Crippen molar-refractivity contribution in [2.75, 3.05) is 6.54 Å². The van der Waals surface area contributed by atoms with Crippen LogP contribution in [0.25, 0.3) is 11.3 Å². The van der Waals surface area contributed by atoms with Crippen LogP contribution in [0.3, 0.4) is 0 Å². The summed E-state index contributed by atoms with van der Waals surface area (Å²) in [5, 5.41) is 8.96. The van der Waals surface area contributed by atoms with Crippen molar-refractivity contribution in [2.45, 2.75) is 71.8 Å². The summed E-state index contributed by atoms with van der Waals surface area (Å²) in [5.41, 5.74) is 1.29. The van der Waals surface area contributed by atoms with Crippen LogP contribution in [0.2, 0.25) is 0 Å². The van der Waals surface area contributed by atoms with Crippen molar-refractivity contribution in [1.29, 1.82) is 0 Å². The van der Waals surface area contributed by atoms with Crippen molar-refractivity contribution < 1.29 is 18.0 Å². The number of benzene rings is 1. The van der Waals surface area contributed by atoms with E-state index >= 15 is 0 Å². The number of carbonyl (C=O) groups excluding carboxylic acids is 1. The van der Waals surface area contributed by atoms with Crippen molar-refractivity contribution in [1.82, 2.24) is 20.1 Å². The third-order valence-corrected chi connectivity index (χ3v) is 7.99. The molecule has 1 amide bonds. The third kappa shape index (κ3) is 4.36. The van der Waals surface area contributed by atoms with E-state index < -0.39 is 17.0 Å². The van der Waals surface area contributed by atoms with Gasteiger partial charge in [0.05, 0.1) is 17.0 Å². The van der Waals surface area contributed by atoms with Crippen molar-refractivity contribution in [3.05, 3.63) is 77.2 Å². The van der Waals surface area contributed by atoms with Gasteiger partial charge < -0.3 is 9.32 Å². The van der Waals surface area contributed by atoms with Crippen molar-refractivity contribution in [3.8, 4) is 11.3 Å². The van der Waals surface area contributed by atoms with Gasteiger partial charge in [0.2, 0.25) is 0 Å². The summed E-state index contributed by atoms with van der Waals surface area (Å²) in [4.78, 5) is 19.8. The van der Waals surface area contributed by atoms with E-state index in [1.165, 1.54) is 18.2 Å². The van der Waals surface area contributed by atoms with Gasteiger partial charge in [0, 0.05) is 30.8 Å². The molecule has 3 aromatic rings. The summed E-state index contributed by atoms with van der Waals surface area (Å²) in [6, 6.07) is 5.22. The number of likely N-dealkylation sites (N-methyl/N-ethyl adjacent to an activating group) is 1. The molecule has 8 heteroatoms. The smallest absolute Gasteiger partial charge is 0.276 e. The molecule has 0 N–H and O–H groups in total. The largest absolute Gasteiger partial charge is 0.445 e.